The number of rotatable bonds is 6. The molecule has 0 amide bonds. The highest BCUT2D eigenvalue weighted by atomic mass is 19.1. The molecule has 0 bridgehead atoms. The van der Waals surface area contributed by atoms with E-state index in [0.717, 1.165) is 34.7 Å². The van der Waals surface area contributed by atoms with Crippen LogP contribution in [-0.4, -0.2) is 40.6 Å². The molecule has 7 heteroatoms. The Labute approximate surface area is 158 Å². The van der Waals surface area contributed by atoms with E-state index in [2.05, 4.69) is 20.2 Å². The van der Waals surface area contributed by atoms with Crippen LogP contribution >= 0.6 is 0 Å². The second-order valence-corrected chi connectivity index (χ2v) is 6.84. The van der Waals surface area contributed by atoms with Crippen LogP contribution in [0, 0.1) is 19.7 Å². The number of hydrogen-bond donors (Lipinski definition) is 1. The lowest BCUT2D eigenvalue weighted by Crippen LogP contribution is -2.10. The number of anilines is 2. The molecule has 0 radical (unpaired) electrons. The fraction of sp³-hybridized carbons (Fsp3) is 0.300. The molecule has 0 atom stereocenters. The predicted octanol–water partition coefficient (Wildman–Crippen LogP) is 3.84. The molecule has 142 valence electrons. The first-order valence-corrected chi connectivity index (χ1v) is 8.63. The maximum atomic E-state index is 14.4. The van der Waals surface area contributed by atoms with Crippen molar-refractivity contribution >= 4 is 11.6 Å². The highest BCUT2D eigenvalue weighted by Crippen LogP contribution is 2.23. The van der Waals surface area contributed by atoms with E-state index in [1.807, 2.05) is 58.5 Å². The summed E-state index contributed by atoms with van der Waals surface area (Å²) in [6.07, 6.45) is 4.96. The molecule has 0 fully saturated rings. The molecule has 0 aliphatic rings. The van der Waals surface area contributed by atoms with Crippen LogP contribution in [0.3, 0.4) is 0 Å². The molecule has 6 nitrogen and oxygen atoms in total. The summed E-state index contributed by atoms with van der Waals surface area (Å²) < 4.78 is 21.4. The molecule has 0 unspecified atom stereocenters. The smallest absolute Gasteiger partial charge is 0.229 e. The molecule has 0 saturated heterocycles. The fourth-order valence-corrected chi connectivity index (χ4v) is 2.89. The molecule has 2 heterocycles. The number of hydrogen-bond acceptors (Lipinski definition) is 5. The number of benzene rings is 1. The van der Waals surface area contributed by atoms with Crippen molar-refractivity contribution in [3.63, 3.8) is 0 Å². The van der Waals surface area contributed by atoms with Gasteiger partial charge in [0, 0.05) is 30.7 Å². The van der Waals surface area contributed by atoms with Gasteiger partial charge in [-0.15, -0.1) is 0 Å². The van der Waals surface area contributed by atoms with Crippen LogP contribution in [0.5, 0.6) is 5.75 Å². The fourth-order valence-electron chi connectivity index (χ4n) is 2.89. The van der Waals surface area contributed by atoms with Gasteiger partial charge in [-0.05, 0) is 56.8 Å². The molecule has 2 aromatic heterocycles. The minimum absolute atomic E-state index is 0.209. The molecule has 3 rings (SSSR count). The maximum Gasteiger partial charge on any atom is 0.229 e. The number of aryl methyl sites for hydroxylation is 2. The van der Waals surface area contributed by atoms with Crippen LogP contribution in [0.4, 0.5) is 16.0 Å². The summed E-state index contributed by atoms with van der Waals surface area (Å²) in [6, 6.07) is 5.72. The lowest BCUT2D eigenvalue weighted by atomic mass is 10.2. The number of nitrogens with one attached hydrogen (secondary N) is 1. The zero-order chi connectivity index (χ0) is 19.6. The van der Waals surface area contributed by atoms with Gasteiger partial charge in [-0.25, -0.2) is 9.37 Å². The van der Waals surface area contributed by atoms with Gasteiger partial charge in [0.05, 0.1) is 13.3 Å². The summed E-state index contributed by atoms with van der Waals surface area (Å²) in [5, 5.41) is 3.12. The first-order valence-electron chi connectivity index (χ1n) is 8.63. The van der Waals surface area contributed by atoms with Crippen molar-refractivity contribution in [1.82, 2.24) is 19.4 Å². The van der Waals surface area contributed by atoms with Crippen LogP contribution in [0.2, 0.25) is 0 Å². The Morgan fingerprint density at radius 1 is 1.19 bits per heavy atom. The zero-order valence-electron chi connectivity index (χ0n) is 16.2. The van der Waals surface area contributed by atoms with Gasteiger partial charge in [-0.3, -0.25) is 0 Å². The molecule has 1 N–H and O–H groups in total. The third-order valence-corrected chi connectivity index (χ3v) is 4.13. The molecule has 3 aromatic rings. The lowest BCUT2D eigenvalue weighted by Gasteiger charge is -2.10. The highest BCUT2D eigenvalue weighted by molar-refractivity contribution is 5.58. The van der Waals surface area contributed by atoms with Crippen LogP contribution in [0.25, 0.3) is 5.82 Å². The highest BCUT2D eigenvalue weighted by Gasteiger charge is 2.13. The zero-order valence-corrected chi connectivity index (χ0v) is 16.2. The van der Waals surface area contributed by atoms with Crippen LogP contribution in [0.15, 0.2) is 36.8 Å². The van der Waals surface area contributed by atoms with Gasteiger partial charge in [-0.1, -0.05) is 0 Å². The van der Waals surface area contributed by atoms with Gasteiger partial charge in [0.1, 0.15) is 5.75 Å². The van der Waals surface area contributed by atoms with Crippen molar-refractivity contribution in [2.45, 2.75) is 20.4 Å². The normalized spacial score (nSPS) is 11.1. The maximum absolute atomic E-state index is 14.4. The third kappa shape index (κ3) is 4.43. The Morgan fingerprint density at radius 2 is 1.96 bits per heavy atom. The Morgan fingerprint density at radius 3 is 2.67 bits per heavy atom. The van der Waals surface area contributed by atoms with E-state index in [-0.39, 0.29) is 5.82 Å². The Hall–Kier alpha value is -2.93. The molecule has 27 heavy (non-hydrogen) atoms. The second-order valence-electron chi connectivity index (χ2n) is 6.84. The van der Waals surface area contributed by atoms with Crippen LogP contribution in [0.1, 0.15) is 16.7 Å². The van der Waals surface area contributed by atoms with Crippen molar-refractivity contribution in [3.8, 4) is 11.6 Å². The van der Waals surface area contributed by atoms with E-state index in [0.29, 0.717) is 5.95 Å². The standard InChI is InChI=1S/C20H24FN5O/c1-13-6-16(8-17(7-13)27-5)23-20-22-9-18(21)19(24-20)26-10-14(2)15(12-26)11-25(3)4/h6-10,12H,11H2,1-5H3,(H,22,23,24). The quantitative estimate of drug-likeness (QED) is 0.715. The third-order valence-electron chi connectivity index (χ3n) is 4.13. The molecule has 0 aliphatic heterocycles. The largest absolute Gasteiger partial charge is 0.497 e. The van der Waals surface area contributed by atoms with Crippen LogP contribution < -0.4 is 10.1 Å². The van der Waals surface area contributed by atoms with E-state index in [9.17, 15) is 4.39 Å². The van der Waals surface area contributed by atoms with E-state index in [4.69, 9.17) is 4.74 Å². The van der Waals surface area contributed by atoms with E-state index < -0.39 is 5.82 Å². The minimum atomic E-state index is -0.478. The van der Waals surface area contributed by atoms with E-state index in [1.54, 1.807) is 11.7 Å². The molecule has 0 spiro atoms. The summed E-state index contributed by atoms with van der Waals surface area (Å²) in [6.45, 7) is 4.76. The Kier molecular flexibility index (Phi) is 5.41. The van der Waals surface area contributed by atoms with Crippen molar-refractivity contribution in [2.75, 3.05) is 26.5 Å². The molecular weight excluding hydrogens is 345 g/mol. The van der Waals surface area contributed by atoms with Crippen molar-refractivity contribution in [1.29, 1.82) is 0 Å². The lowest BCUT2D eigenvalue weighted by molar-refractivity contribution is 0.401. The number of methoxy groups -OCH3 is 1. The SMILES string of the molecule is COc1cc(C)cc(Nc2ncc(F)c(-n3cc(C)c(CN(C)C)c3)n2)c1. The number of aromatic nitrogens is 3. The van der Waals surface area contributed by atoms with Crippen molar-refractivity contribution in [3.05, 3.63) is 59.3 Å². The number of nitrogens with zero attached hydrogens (tertiary/aromatic N) is 4. The predicted molar refractivity (Wildman–Crippen MR) is 104 cm³/mol. The van der Waals surface area contributed by atoms with Gasteiger partial charge >= 0.3 is 0 Å². The van der Waals surface area contributed by atoms with Gasteiger partial charge in [-0.2, -0.15) is 4.98 Å². The first kappa shape index (κ1) is 18.8. The molecule has 0 aliphatic carbocycles. The Bertz CT molecular complexity index is 952. The molecule has 1 aromatic carbocycles. The number of ether oxygens (including phenoxy) is 1. The summed E-state index contributed by atoms with van der Waals surface area (Å²) in [5.74, 6) is 0.780. The summed E-state index contributed by atoms with van der Waals surface area (Å²) in [7, 11) is 5.62. The van der Waals surface area contributed by atoms with E-state index >= 15 is 0 Å². The topological polar surface area (TPSA) is 55.2 Å². The monoisotopic (exact) mass is 369 g/mol. The van der Waals surface area contributed by atoms with E-state index in [1.165, 1.54) is 6.20 Å². The summed E-state index contributed by atoms with van der Waals surface area (Å²) >= 11 is 0. The Balaban J connectivity index is 1.92. The van der Waals surface area contributed by atoms with Crippen molar-refractivity contribution in [2.24, 2.45) is 0 Å². The van der Waals surface area contributed by atoms with Gasteiger partial charge in [0.25, 0.3) is 0 Å². The average Bonchev–Trinajstić information content (AvgIpc) is 2.95. The summed E-state index contributed by atoms with van der Waals surface area (Å²) in [5.41, 5.74) is 4.02. The average molecular weight is 369 g/mol. The van der Waals surface area contributed by atoms with Gasteiger partial charge < -0.3 is 19.5 Å². The summed E-state index contributed by atoms with van der Waals surface area (Å²) in [4.78, 5) is 10.5. The molecular formula is C20H24FN5O. The number of halogens is 1. The van der Waals surface area contributed by atoms with Crippen LogP contribution in [-0.2, 0) is 6.54 Å². The first-order chi connectivity index (χ1) is 12.9. The van der Waals surface area contributed by atoms with Crippen molar-refractivity contribution < 1.29 is 9.13 Å². The van der Waals surface area contributed by atoms with Gasteiger partial charge in [0.15, 0.2) is 11.6 Å². The van der Waals surface area contributed by atoms with Gasteiger partial charge in [0.2, 0.25) is 5.95 Å². The minimum Gasteiger partial charge on any atom is -0.497 e. The molecule has 0 saturated carbocycles. The second kappa shape index (κ2) is 7.75.